The predicted molar refractivity (Wildman–Crippen MR) is 67.1 cm³/mol. The van der Waals surface area contributed by atoms with Crippen molar-refractivity contribution in [2.24, 2.45) is 0 Å². The first-order valence-electron chi connectivity index (χ1n) is 5.52. The van der Waals surface area contributed by atoms with Gasteiger partial charge in [-0.15, -0.1) is 0 Å². The van der Waals surface area contributed by atoms with E-state index in [1.54, 1.807) is 6.07 Å². The van der Waals surface area contributed by atoms with E-state index in [1.807, 2.05) is 0 Å². The second-order valence-corrected chi connectivity index (χ2v) is 3.49. The fraction of sp³-hybridized carbons (Fsp3) is 0.600. The third kappa shape index (κ3) is 3.90. The van der Waals surface area contributed by atoms with E-state index < -0.39 is 0 Å². The van der Waals surface area contributed by atoms with Gasteiger partial charge in [0.05, 0.1) is 0 Å². The van der Waals surface area contributed by atoms with Crippen LogP contribution in [0.25, 0.3) is 0 Å². The summed E-state index contributed by atoms with van der Waals surface area (Å²) in [6.07, 6.45) is 0. The third-order valence-corrected chi connectivity index (χ3v) is 2.39. The average molecular weight is 224 g/mol. The fourth-order valence-corrected chi connectivity index (χ4v) is 1.46. The van der Waals surface area contributed by atoms with Crippen LogP contribution in [-0.4, -0.2) is 41.0 Å². The molecule has 0 unspecified atom stereocenters. The number of likely N-dealkylation sites (N-methyl/N-ethyl adjacent to an activating group) is 1. The van der Waals surface area contributed by atoms with Gasteiger partial charge in [-0.2, -0.15) is 9.97 Å². The number of hydrogen-bond donors (Lipinski definition) is 3. The van der Waals surface area contributed by atoms with E-state index in [0.717, 1.165) is 26.2 Å². The molecule has 0 amide bonds. The van der Waals surface area contributed by atoms with Gasteiger partial charge in [0.15, 0.2) is 0 Å². The topological polar surface area (TPSA) is 93.1 Å². The first-order chi connectivity index (χ1) is 7.65. The Bertz CT molecular complexity index is 303. The first kappa shape index (κ1) is 12.5. The van der Waals surface area contributed by atoms with Crippen LogP contribution in [-0.2, 0) is 0 Å². The highest BCUT2D eigenvalue weighted by atomic mass is 15.1. The van der Waals surface area contributed by atoms with Crippen molar-refractivity contribution in [2.75, 3.05) is 43.0 Å². The molecule has 16 heavy (non-hydrogen) atoms. The number of anilines is 3. The summed E-state index contributed by atoms with van der Waals surface area (Å²) in [5, 5.41) is 3.17. The van der Waals surface area contributed by atoms with Crippen molar-refractivity contribution in [3.05, 3.63) is 6.07 Å². The van der Waals surface area contributed by atoms with Gasteiger partial charge in [-0.3, -0.25) is 0 Å². The lowest BCUT2D eigenvalue weighted by Gasteiger charge is -2.18. The van der Waals surface area contributed by atoms with Crippen LogP contribution in [0, 0.1) is 0 Å². The van der Waals surface area contributed by atoms with Gasteiger partial charge in [0.1, 0.15) is 11.6 Å². The summed E-state index contributed by atoms with van der Waals surface area (Å²) in [4.78, 5) is 10.2. The van der Waals surface area contributed by atoms with Crippen LogP contribution < -0.4 is 16.8 Å². The number of nitrogen functional groups attached to an aromatic ring is 2. The van der Waals surface area contributed by atoms with Crippen molar-refractivity contribution in [1.29, 1.82) is 0 Å². The van der Waals surface area contributed by atoms with Crippen LogP contribution >= 0.6 is 0 Å². The molecule has 1 aromatic heterocycles. The Hall–Kier alpha value is -1.56. The highest BCUT2D eigenvalue weighted by Crippen LogP contribution is 2.08. The number of nitrogens with zero attached hydrogens (tertiary/aromatic N) is 3. The maximum atomic E-state index is 5.56. The lowest BCUT2D eigenvalue weighted by atomic mass is 10.4. The number of aromatic nitrogens is 2. The summed E-state index contributed by atoms with van der Waals surface area (Å²) in [5.74, 6) is 1.26. The standard InChI is InChI=1S/C10H20N6/c1-3-16(4-2)6-5-13-9-7-8(11)14-10(12)15-9/h7H,3-6H2,1-2H3,(H5,11,12,13,14,15). The number of nitrogens with one attached hydrogen (secondary N) is 1. The summed E-state index contributed by atoms with van der Waals surface area (Å²) in [6, 6.07) is 1.68. The Morgan fingerprint density at radius 3 is 2.50 bits per heavy atom. The number of hydrogen-bond acceptors (Lipinski definition) is 6. The van der Waals surface area contributed by atoms with Gasteiger partial charge < -0.3 is 21.7 Å². The van der Waals surface area contributed by atoms with E-state index in [0.29, 0.717) is 11.6 Å². The van der Waals surface area contributed by atoms with E-state index >= 15 is 0 Å². The quantitative estimate of drug-likeness (QED) is 0.647. The van der Waals surface area contributed by atoms with Gasteiger partial charge >= 0.3 is 0 Å². The molecule has 5 N–H and O–H groups in total. The zero-order chi connectivity index (χ0) is 12.0. The molecule has 0 saturated heterocycles. The predicted octanol–water partition coefficient (Wildman–Crippen LogP) is 0.395. The molecule has 1 heterocycles. The number of nitrogens with two attached hydrogens (primary N) is 2. The smallest absolute Gasteiger partial charge is 0.223 e. The minimum absolute atomic E-state index is 0.199. The minimum Gasteiger partial charge on any atom is -0.383 e. The zero-order valence-electron chi connectivity index (χ0n) is 9.90. The van der Waals surface area contributed by atoms with Crippen molar-refractivity contribution in [2.45, 2.75) is 13.8 Å². The Balaban J connectivity index is 2.42. The molecule has 6 nitrogen and oxygen atoms in total. The zero-order valence-corrected chi connectivity index (χ0v) is 9.90. The van der Waals surface area contributed by atoms with Crippen molar-refractivity contribution in [1.82, 2.24) is 14.9 Å². The second-order valence-electron chi connectivity index (χ2n) is 3.49. The molecule has 0 atom stereocenters. The van der Waals surface area contributed by atoms with Gasteiger partial charge in [-0.1, -0.05) is 13.8 Å². The van der Waals surface area contributed by atoms with Crippen LogP contribution in [0.3, 0.4) is 0 Å². The van der Waals surface area contributed by atoms with E-state index in [1.165, 1.54) is 0 Å². The molecular formula is C10H20N6. The molecule has 0 saturated carbocycles. The molecule has 0 fully saturated rings. The van der Waals surface area contributed by atoms with Gasteiger partial charge in [0, 0.05) is 19.2 Å². The van der Waals surface area contributed by atoms with Crippen molar-refractivity contribution < 1.29 is 0 Å². The molecule has 1 rings (SSSR count). The van der Waals surface area contributed by atoms with Gasteiger partial charge in [0.25, 0.3) is 0 Å². The SMILES string of the molecule is CCN(CC)CCNc1cc(N)nc(N)n1. The summed E-state index contributed by atoms with van der Waals surface area (Å²) in [6.45, 7) is 8.17. The maximum absolute atomic E-state index is 5.56. The van der Waals surface area contributed by atoms with Crippen molar-refractivity contribution in [3.63, 3.8) is 0 Å². The molecule has 0 radical (unpaired) electrons. The Morgan fingerprint density at radius 1 is 1.25 bits per heavy atom. The van der Waals surface area contributed by atoms with Crippen LogP contribution in [0.15, 0.2) is 6.07 Å². The summed E-state index contributed by atoms with van der Waals surface area (Å²) >= 11 is 0. The van der Waals surface area contributed by atoms with Crippen LogP contribution in [0.5, 0.6) is 0 Å². The van der Waals surface area contributed by atoms with Crippen LogP contribution in [0.2, 0.25) is 0 Å². The van der Waals surface area contributed by atoms with Crippen molar-refractivity contribution >= 4 is 17.6 Å². The second kappa shape index (κ2) is 6.12. The van der Waals surface area contributed by atoms with Crippen LogP contribution in [0.4, 0.5) is 17.6 Å². The van der Waals surface area contributed by atoms with Crippen LogP contribution in [0.1, 0.15) is 13.8 Å². The molecular weight excluding hydrogens is 204 g/mol. The highest BCUT2D eigenvalue weighted by Gasteiger charge is 2.01. The fourth-order valence-electron chi connectivity index (χ4n) is 1.46. The molecule has 0 aliphatic carbocycles. The lowest BCUT2D eigenvalue weighted by Crippen LogP contribution is -2.28. The first-order valence-corrected chi connectivity index (χ1v) is 5.52. The van der Waals surface area contributed by atoms with Crippen molar-refractivity contribution in [3.8, 4) is 0 Å². The Labute approximate surface area is 96.0 Å². The molecule has 0 bridgehead atoms. The molecule has 90 valence electrons. The minimum atomic E-state index is 0.199. The Kier molecular flexibility index (Phi) is 4.78. The summed E-state index contributed by atoms with van der Waals surface area (Å²) in [7, 11) is 0. The molecule has 0 aliphatic rings. The van der Waals surface area contributed by atoms with E-state index in [4.69, 9.17) is 11.5 Å². The number of rotatable bonds is 6. The normalized spacial score (nSPS) is 10.7. The monoisotopic (exact) mass is 224 g/mol. The van der Waals surface area contributed by atoms with Gasteiger partial charge in [-0.05, 0) is 13.1 Å². The summed E-state index contributed by atoms with van der Waals surface area (Å²) < 4.78 is 0. The van der Waals surface area contributed by atoms with E-state index in [2.05, 4.69) is 34.0 Å². The molecule has 1 aromatic rings. The average Bonchev–Trinajstić information content (AvgIpc) is 2.23. The third-order valence-electron chi connectivity index (χ3n) is 2.39. The molecule has 0 aliphatic heterocycles. The van der Waals surface area contributed by atoms with E-state index in [-0.39, 0.29) is 5.95 Å². The molecule has 6 heteroatoms. The Morgan fingerprint density at radius 2 is 1.94 bits per heavy atom. The molecule has 0 aromatic carbocycles. The van der Waals surface area contributed by atoms with Gasteiger partial charge in [-0.25, -0.2) is 0 Å². The largest absolute Gasteiger partial charge is 0.383 e. The highest BCUT2D eigenvalue weighted by molar-refractivity contribution is 5.48. The lowest BCUT2D eigenvalue weighted by molar-refractivity contribution is 0.316. The summed E-state index contributed by atoms with van der Waals surface area (Å²) in [5.41, 5.74) is 11.1. The van der Waals surface area contributed by atoms with Gasteiger partial charge in [0.2, 0.25) is 5.95 Å². The molecule has 0 spiro atoms. The maximum Gasteiger partial charge on any atom is 0.223 e. The van der Waals surface area contributed by atoms with E-state index in [9.17, 15) is 0 Å².